The average molecular weight is 405 g/mol. The van der Waals surface area contributed by atoms with Gasteiger partial charge in [0.15, 0.2) is 17.2 Å². The van der Waals surface area contributed by atoms with Crippen molar-refractivity contribution in [3.8, 4) is 22.9 Å². The predicted octanol–water partition coefficient (Wildman–Crippen LogP) is 5.12. The van der Waals surface area contributed by atoms with Crippen molar-refractivity contribution in [3.05, 3.63) is 60.7 Å². The molecule has 1 aliphatic rings. The second kappa shape index (κ2) is 5.41. The maximum atomic E-state index is 12.8. The van der Waals surface area contributed by atoms with Crippen LogP contribution in [0.4, 0.5) is 13.2 Å². The molecule has 4 aromatic rings. The first-order chi connectivity index (χ1) is 13.3. The van der Waals surface area contributed by atoms with E-state index in [0.717, 1.165) is 0 Å². The fourth-order valence-electron chi connectivity index (χ4n) is 3.45. The Morgan fingerprint density at radius 3 is 2.39 bits per heavy atom. The summed E-state index contributed by atoms with van der Waals surface area (Å²) in [5.74, 6) is 0.560. The molecule has 2 heterocycles. The Kier molecular flexibility index (Phi) is 3.28. The number of aromatic nitrogens is 1. The van der Waals surface area contributed by atoms with Gasteiger partial charge < -0.3 is 13.5 Å². The number of alkyl halides is 3. The van der Waals surface area contributed by atoms with Crippen LogP contribution in [0.2, 0.25) is 0 Å². The number of halogens is 3. The molecule has 142 valence electrons. The highest BCUT2D eigenvalue weighted by atomic mass is 32.2. The van der Waals surface area contributed by atoms with Crippen molar-refractivity contribution in [2.75, 3.05) is 0 Å². The number of benzene rings is 3. The highest BCUT2D eigenvalue weighted by Gasteiger charge is 2.49. The SMILES string of the molecule is O=S(=O)(Oc1ccc2c3c1c1ccccc1n3-c1ccccc1O2)C(F)(F)F. The average Bonchev–Trinajstić information content (AvgIpc) is 3.00. The Labute approximate surface area is 156 Å². The third-order valence-corrected chi connectivity index (χ3v) is 5.52. The number of hydrogen-bond acceptors (Lipinski definition) is 4. The largest absolute Gasteiger partial charge is 0.534 e. The lowest BCUT2D eigenvalue weighted by molar-refractivity contribution is -0.0499. The molecule has 0 aliphatic carbocycles. The van der Waals surface area contributed by atoms with Crippen LogP contribution < -0.4 is 8.92 Å². The molecule has 1 aromatic heterocycles. The zero-order valence-electron chi connectivity index (χ0n) is 13.9. The van der Waals surface area contributed by atoms with Crippen molar-refractivity contribution in [1.82, 2.24) is 4.57 Å². The van der Waals surface area contributed by atoms with E-state index in [1.54, 1.807) is 36.4 Å². The van der Waals surface area contributed by atoms with E-state index in [4.69, 9.17) is 4.74 Å². The third-order valence-electron chi connectivity index (χ3n) is 4.55. The van der Waals surface area contributed by atoms with Crippen LogP contribution in [0.3, 0.4) is 0 Å². The molecule has 0 N–H and O–H groups in total. The molecule has 3 aromatic carbocycles. The first kappa shape index (κ1) is 16.9. The molecular weight excluding hydrogens is 395 g/mol. The Morgan fingerprint density at radius 1 is 0.893 bits per heavy atom. The van der Waals surface area contributed by atoms with Gasteiger partial charge in [-0.1, -0.05) is 30.3 Å². The minimum absolute atomic E-state index is 0.232. The monoisotopic (exact) mass is 405 g/mol. The lowest BCUT2D eigenvalue weighted by atomic mass is 10.1. The van der Waals surface area contributed by atoms with E-state index in [-0.39, 0.29) is 5.39 Å². The van der Waals surface area contributed by atoms with Crippen molar-refractivity contribution < 1.29 is 30.5 Å². The summed E-state index contributed by atoms with van der Waals surface area (Å²) < 4.78 is 73.9. The van der Waals surface area contributed by atoms with Gasteiger partial charge in [0.25, 0.3) is 0 Å². The van der Waals surface area contributed by atoms with E-state index in [0.29, 0.717) is 33.6 Å². The van der Waals surface area contributed by atoms with Crippen molar-refractivity contribution in [3.63, 3.8) is 0 Å². The minimum Gasteiger partial charge on any atom is -0.453 e. The number of hydrogen-bond donors (Lipinski definition) is 0. The summed E-state index contributed by atoms with van der Waals surface area (Å²) in [7, 11) is -5.81. The molecule has 0 atom stereocenters. The van der Waals surface area contributed by atoms with Gasteiger partial charge in [-0.2, -0.15) is 21.6 Å². The van der Waals surface area contributed by atoms with Gasteiger partial charge in [-0.15, -0.1) is 0 Å². The highest BCUT2D eigenvalue weighted by molar-refractivity contribution is 7.88. The molecule has 28 heavy (non-hydrogen) atoms. The molecule has 0 radical (unpaired) electrons. The van der Waals surface area contributed by atoms with E-state index >= 15 is 0 Å². The van der Waals surface area contributed by atoms with Crippen LogP contribution >= 0.6 is 0 Å². The second-order valence-corrected chi connectivity index (χ2v) is 7.73. The van der Waals surface area contributed by atoms with Crippen LogP contribution in [0.25, 0.3) is 27.5 Å². The summed E-state index contributed by atoms with van der Waals surface area (Å²) >= 11 is 0. The van der Waals surface area contributed by atoms with Gasteiger partial charge >= 0.3 is 15.6 Å². The van der Waals surface area contributed by atoms with Gasteiger partial charge in [0, 0.05) is 5.39 Å². The molecular formula is C19H10F3NO4S. The van der Waals surface area contributed by atoms with Crippen LogP contribution in [0.15, 0.2) is 60.7 Å². The van der Waals surface area contributed by atoms with Crippen LogP contribution in [0.1, 0.15) is 0 Å². The lowest BCUT2D eigenvalue weighted by Gasteiger charge is -2.21. The molecule has 5 rings (SSSR count). The van der Waals surface area contributed by atoms with Crippen molar-refractivity contribution in [2.24, 2.45) is 0 Å². The van der Waals surface area contributed by atoms with Crippen molar-refractivity contribution in [1.29, 1.82) is 0 Å². The van der Waals surface area contributed by atoms with Gasteiger partial charge in [-0.25, -0.2) is 0 Å². The van der Waals surface area contributed by atoms with Crippen molar-refractivity contribution in [2.45, 2.75) is 5.51 Å². The first-order valence-electron chi connectivity index (χ1n) is 8.12. The number of fused-ring (bicyclic) bond motifs is 5. The third kappa shape index (κ3) is 2.22. The standard InChI is InChI=1S/C19H10F3NO4S/c20-19(21,22)28(24,25)27-15-9-10-16-18-17(15)11-5-1-2-6-12(11)23(18)13-7-3-4-8-14(13)26-16/h1-10H. The second-order valence-electron chi connectivity index (χ2n) is 6.19. The van der Waals surface area contributed by atoms with E-state index in [1.807, 2.05) is 16.7 Å². The van der Waals surface area contributed by atoms with Gasteiger partial charge in [-0.05, 0) is 30.3 Å². The summed E-state index contributed by atoms with van der Waals surface area (Å²) in [6, 6.07) is 16.8. The zero-order valence-corrected chi connectivity index (χ0v) is 14.7. The number of ether oxygens (including phenoxy) is 1. The lowest BCUT2D eigenvalue weighted by Crippen LogP contribution is -2.28. The summed E-state index contributed by atoms with van der Waals surface area (Å²) in [5.41, 5.74) is -3.71. The Balaban J connectivity index is 1.89. The van der Waals surface area contributed by atoms with E-state index in [9.17, 15) is 21.6 Å². The number of para-hydroxylation sites is 3. The zero-order chi connectivity index (χ0) is 19.7. The molecule has 1 aliphatic heterocycles. The molecule has 9 heteroatoms. The molecule has 0 unspecified atom stereocenters. The van der Waals surface area contributed by atoms with E-state index in [2.05, 4.69) is 4.18 Å². The number of nitrogens with zero attached hydrogens (tertiary/aromatic N) is 1. The van der Waals surface area contributed by atoms with Crippen LogP contribution in [0, 0.1) is 0 Å². The summed E-state index contributed by atoms with van der Waals surface area (Å²) in [4.78, 5) is 0. The van der Waals surface area contributed by atoms with E-state index in [1.165, 1.54) is 12.1 Å². The van der Waals surface area contributed by atoms with Gasteiger partial charge in [0.2, 0.25) is 0 Å². The summed E-state index contributed by atoms with van der Waals surface area (Å²) in [6.07, 6.45) is 0. The molecule has 0 saturated carbocycles. The number of rotatable bonds is 2. The molecule has 0 amide bonds. The molecule has 0 saturated heterocycles. The maximum absolute atomic E-state index is 12.8. The Hall–Kier alpha value is -3.20. The Bertz CT molecular complexity index is 1370. The summed E-state index contributed by atoms with van der Waals surface area (Å²) in [6.45, 7) is 0. The first-order valence-corrected chi connectivity index (χ1v) is 9.53. The van der Waals surface area contributed by atoms with Crippen LogP contribution in [-0.4, -0.2) is 18.5 Å². The normalized spacial score (nSPS) is 13.4. The maximum Gasteiger partial charge on any atom is 0.534 e. The fourth-order valence-corrected chi connectivity index (χ4v) is 3.92. The molecule has 5 nitrogen and oxygen atoms in total. The fraction of sp³-hybridized carbons (Fsp3) is 0.0526. The molecule has 0 spiro atoms. The minimum atomic E-state index is -5.81. The smallest absolute Gasteiger partial charge is 0.453 e. The summed E-state index contributed by atoms with van der Waals surface area (Å²) in [5, 5.41) is 0.780. The quantitative estimate of drug-likeness (QED) is 0.302. The highest BCUT2D eigenvalue weighted by Crippen LogP contribution is 2.48. The predicted molar refractivity (Wildman–Crippen MR) is 96.5 cm³/mol. The van der Waals surface area contributed by atoms with Gasteiger partial charge in [-0.3, -0.25) is 0 Å². The molecule has 0 bridgehead atoms. The van der Waals surface area contributed by atoms with E-state index < -0.39 is 21.4 Å². The van der Waals surface area contributed by atoms with Crippen LogP contribution in [-0.2, 0) is 10.1 Å². The van der Waals surface area contributed by atoms with Gasteiger partial charge in [0.1, 0.15) is 5.52 Å². The topological polar surface area (TPSA) is 57.5 Å². The Morgan fingerprint density at radius 2 is 1.61 bits per heavy atom. The van der Waals surface area contributed by atoms with Gasteiger partial charge in [0.05, 0.1) is 16.6 Å². The van der Waals surface area contributed by atoms with Crippen LogP contribution in [0.5, 0.6) is 17.2 Å². The van der Waals surface area contributed by atoms with Crippen molar-refractivity contribution >= 4 is 31.9 Å². The molecule has 0 fully saturated rings.